The van der Waals surface area contributed by atoms with Crippen molar-refractivity contribution >= 4 is 85.4 Å². The van der Waals surface area contributed by atoms with Gasteiger partial charge in [0.15, 0.2) is 17.5 Å². The standard InChI is InChI=1S/3C33H28F2N4OS/c3*1-17-18-6-8-19(9-7-18)31(17)38-30-15-25(20-10-11-29-27(12-20)40-26-4-2-3-5-28(26)41-29)37-33(39-30)23-16-36-32-22(23)13-21(34)14-24(32)35/h3*2-5,10-19,31,36H,6-9H2,1H3,(H,37,38,39)/t2*17-,18?,19?,31+;/m10./s1. The Balaban J connectivity index is 0.000000110. The number of aromatic nitrogens is 9. The summed E-state index contributed by atoms with van der Waals surface area (Å²) >= 11 is 5.04. The molecule has 9 heterocycles. The zero-order valence-electron chi connectivity index (χ0n) is 67.4. The van der Waals surface area contributed by atoms with E-state index in [0.29, 0.717) is 121 Å². The van der Waals surface area contributed by atoms with Gasteiger partial charge in [0.2, 0.25) is 0 Å². The van der Waals surface area contributed by atoms with Crippen molar-refractivity contribution in [2.24, 2.45) is 53.3 Å². The molecule has 9 fully saturated rings. The van der Waals surface area contributed by atoms with Gasteiger partial charge in [-0.25, -0.2) is 56.2 Å². The van der Waals surface area contributed by atoms with Crippen LogP contribution in [0.1, 0.15) is 97.8 Å². The third kappa shape index (κ3) is 14.6. The van der Waals surface area contributed by atoms with Crippen molar-refractivity contribution in [3.8, 4) is 102 Å². The average molecular weight is 1700 g/mol. The monoisotopic (exact) mass is 1700 g/mol. The molecule has 618 valence electrons. The quantitative estimate of drug-likeness (QED) is 0.0634. The molecule has 15 nitrogen and oxygen atoms in total. The van der Waals surface area contributed by atoms with Gasteiger partial charge >= 0.3 is 0 Å². The largest absolute Gasteiger partial charge is 0.455 e. The van der Waals surface area contributed by atoms with Crippen LogP contribution in [-0.4, -0.2) is 63.0 Å². The number of nitrogens with one attached hydrogen (secondary N) is 6. The Hall–Kier alpha value is -11.7. The lowest BCUT2D eigenvalue weighted by molar-refractivity contribution is 0.0928. The van der Waals surface area contributed by atoms with Crippen LogP contribution in [0.25, 0.3) is 101 Å². The number of anilines is 3. The van der Waals surface area contributed by atoms with Gasteiger partial charge in [0, 0.05) is 123 Å². The SMILES string of the molecule is CC1C2CCC(CC2)C1Nc1cc(-c2ccc3c(c2)Oc2ccccc2S3)nc(-c2c[nH]c3c(F)cc(F)cc23)n1.C[C@@H]1C2CCC(CC2)[C@H]1Nc1cc(-c2ccc3c(c2)Oc2ccccc2S3)nc(-c2c[nH]c3c(F)cc(F)cc23)n1.C[C@H]1C2CCC(CC2)[C@@H]1Nc1cc(-c2ccc3c(c2)Oc2ccccc2S3)nc(-c2c[nH]c3c(F)cc(F)cc23)n1. The molecule has 6 N–H and O–H groups in total. The Bertz CT molecular complexity index is 6060. The molecule has 6 atom stereocenters. The van der Waals surface area contributed by atoms with E-state index in [2.05, 4.69) is 88.1 Å². The van der Waals surface area contributed by atoms with Gasteiger partial charge in [-0.15, -0.1) is 0 Å². The van der Waals surface area contributed by atoms with Gasteiger partial charge in [-0.05, 0) is 221 Å². The Morgan fingerprint density at radius 3 is 0.854 bits per heavy atom. The number of hydrogen-bond acceptors (Lipinski definition) is 15. The summed E-state index contributed by atoms with van der Waals surface area (Å²) in [4.78, 5) is 44.8. The molecule has 0 radical (unpaired) electrons. The van der Waals surface area contributed by atoms with Crippen LogP contribution >= 0.6 is 35.3 Å². The fourth-order valence-electron chi connectivity index (χ4n) is 21.0. The maximum atomic E-state index is 14.6. The van der Waals surface area contributed by atoms with Crippen LogP contribution < -0.4 is 30.2 Å². The van der Waals surface area contributed by atoms with E-state index in [1.807, 2.05) is 109 Å². The van der Waals surface area contributed by atoms with E-state index >= 15 is 0 Å². The third-order valence-corrected chi connectivity index (χ3v) is 30.8. The highest BCUT2D eigenvalue weighted by molar-refractivity contribution is 8.00. The first-order chi connectivity index (χ1) is 60.0. The second kappa shape index (κ2) is 31.6. The lowest BCUT2D eigenvalue weighted by atomic mass is 9.62. The third-order valence-electron chi connectivity index (χ3n) is 27.5. The van der Waals surface area contributed by atoms with Crippen LogP contribution in [0.15, 0.2) is 230 Å². The first-order valence-electron chi connectivity index (χ1n) is 42.6. The highest BCUT2D eigenvalue weighted by Crippen LogP contribution is 2.55. The van der Waals surface area contributed by atoms with Crippen molar-refractivity contribution in [2.75, 3.05) is 16.0 Å². The van der Waals surface area contributed by atoms with Gasteiger partial charge in [-0.3, -0.25) is 0 Å². The van der Waals surface area contributed by atoms with Crippen molar-refractivity contribution in [1.29, 1.82) is 0 Å². The number of nitrogens with zero attached hydrogens (tertiary/aromatic N) is 6. The first kappa shape index (κ1) is 77.3. The minimum absolute atomic E-state index is 0.237. The zero-order chi connectivity index (χ0) is 83.0. The van der Waals surface area contributed by atoms with Crippen LogP contribution in [0.3, 0.4) is 0 Å². The molecule has 0 saturated heterocycles. The minimum atomic E-state index is -0.641. The van der Waals surface area contributed by atoms with Gasteiger partial charge in [-0.1, -0.05) is 111 Å². The Labute approximate surface area is 718 Å². The van der Waals surface area contributed by atoms with E-state index in [1.54, 1.807) is 53.9 Å². The summed E-state index contributed by atoms with van der Waals surface area (Å²) in [7, 11) is 0. The predicted molar refractivity (Wildman–Crippen MR) is 472 cm³/mol. The van der Waals surface area contributed by atoms with E-state index in [9.17, 15) is 26.3 Å². The number of fused-ring (bicyclic) bond motifs is 18. The van der Waals surface area contributed by atoms with E-state index in [0.717, 1.165) is 134 Å². The number of rotatable bonds is 12. The molecule has 123 heavy (non-hydrogen) atoms. The summed E-state index contributed by atoms with van der Waals surface area (Å²) in [5.41, 5.74) is 7.17. The van der Waals surface area contributed by atoms with Crippen molar-refractivity contribution < 1.29 is 40.6 Å². The number of halogens is 6. The molecule has 3 aliphatic heterocycles. The molecule has 0 amide bonds. The average Bonchev–Trinajstić information content (AvgIpc) is 1.75. The van der Waals surface area contributed by atoms with E-state index in [1.165, 1.54) is 95.2 Å². The number of benzene rings is 9. The fraction of sp³-hybridized carbons (Fsp3) is 0.273. The first-order valence-corrected chi connectivity index (χ1v) is 45.1. The van der Waals surface area contributed by atoms with Gasteiger partial charge < -0.3 is 45.1 Å². The van der Waals surface area contributed by atoms with E-state index in [4.69, 9.17) is 44.1 Å². The molecule has 6 bridgehead atoms. The molecule has 9 aromatic carbocycles. The van der Waals surface area contributed by atoms with Gasteiger partial charge in [0.25, 0.3) is 0 Å². The molecule has 12 aliphatic rings. The second-order valence-electron chi connectivity index (χ2n) is 34.5. The molecule has 24 heteroatoms. The predicted octanol–water partition coefficient (Wildman–Crippen LogP) is 27.2. The molecule has 6 aromatic heterocycles. The molecule has 2 unspecified atom stereocenters. The number of ether oxygens (including phenoxy) is 3. The number of H-pyrrole nitrogens is 3. The second-order valence-corrected chi connectivity index (χ2v) is 37.7. The topological polar surface area (TPSA) is 188 Å². The number of hydrogen-bond donors (Lipinski definition) is 6. The van der Waals surface area contributed by atoms with Crippen molar-refractivity contribution in [2.45, 2.75) is 145 Å². The van der Waals surface area contributed by atoms with E-state index < -0.39 is 34.9 Å². The number of para-hydroxylation sites is 3. The molecule has 15 aromatic rings. The van der Waals surface area contributed by atoms with Crippen molar-refractivity contribution in [1.82, 2.24) is 44.9 Å². The highest BCUT2D eigenvalue weighted by atomic mass is 32.2. The van der Waals surface area contributed by atoms with Gasteiger partial charge in [0.05, 0.1) is 63.0 Å². The smallest absolute Gasteiger partial charge is 0.164 e. The maximum absolute atomic E-state index is 14.6. The van der Waals surface area contributed by atoms with Crippen LogP contribution in [0, 0.1) is 88.2 Å². The summed E-state index contributed by atoms with van der Waals surface area (Å²) in [6.45, 7) is 7.04. The Kier molecular flexibility index (Phi) is 19.8. The lowest BCUT2D eigenvalue weighted by Crippen LogP contribution is -2.47. The molecule has 9 saturated carbocycles. The van der Waals surface area contributed by atoms with Crippen LogP contribution in [-0.2, 0) is 0 Å². The van der Waals surface area contributed by atoms with Crippen LogP contribution in [0.5, 0.6) is 34.5 Å². The number of aromatic amines is 3. The highest BCUT2D eigenvalue weighted by Gasteiger charge is 2.45. The Morgan fingerprint density at radius 1 is 0.301 bits per heavy atom. The van der Waals surface area contributed by atoms with Crippen LogP contribution in [0.2, 0.25) is 0 Å². The molecule has 9 aliphatic carbocycles. The minimum Gasteiger partial charge on any atom is -0.455 e. The molecular formula is C99H84F6N12O3S3. The summed E-state index contributed by atoms with van der Waals surface area (Å²) < 4.78 is 105. The van der Waals surface area contributed by atoms with Gasteiger partial charge in [-0.2, -0.15) is 0 Å². The molecule has 27 rings (SSSR count). The zero-order valence-corrected chi connectivity index (χ0v) is 69.8. The Morgan fingerprint density at radius 2 is 0.569 bits per heavy atom. The molecular weight excluding hydrogens is 1620 g/mol. The summed E-state index contributed by atoms with van der Waals surface area (Å²) in [5.74, 6) is 10.1. The molecule has 0 spiro atoms. The van der Waals surface area contributed by atoms with Crippen molar-refractivity contribution in [3.63, 3.8) is 0 Å². The summed E-state index contributed by atoms with van der Waals surface area (Å²) in [5, 5.41) is 12.6. The maximum Gasteiger partial charge on any atom is 0.164 e. The lowest BCUT2D eigenvalue weighted by Gasteiger charge is -2.47. The van der Waals surface area contributed by atoms with E-state index in [-0.39, 0.29) is 16.6 Å². The summed E-state index contributed by atoms with van der Waals surface area (Å²) in [6.07, 6.45) is 20.2. The normalized spacial score (nSPS) is 22.7. The summed E-state index contributed by atoms with van der Waals surface area (Å²) in [6, 6.07) is 55.9. The van der Waals surface area contributed by atoms with Crippen molar-refractivity contribution in [3.05, 3.63) is 235 Å². The van der Waals surface area contributed by atoms with Gasteiger partial charge in [0.1, 0.15) is 86.9 Å². The van der Waals surface area contributed by atoms with Crippen LogP contribution in [0.4, 0.5) is 43.8 Å². The fourth-order valence-corrected chi connectivity index (χ4v) is 23.8.